The first-order valence-corrected chi connectivity index (χ1v) is 13.6. The summed E-state index contributed by atoms with van der Waals surface area (Å²) in [5, 5.41) is 37.8. The summed E-state index contributed by atoms with van der Waals surface area (Å²) in [7, 11) is 0. The molecule has 0 atom stereocenters. The Kier molecular flexibility index (Phi) is 12.6. The van der Waals surface area contributed by atoms with Crippen LogP contribution < -0.4 is 10.6 Å². The lowest BCUT2D eigenvalue weighted by atomic mass is 9.95. The SMILES string of the molecule is O=C1/C(=C/c2ccc([N+](=O)[O-])cc2)CNC/C1=C\c1ccc([N+](=O)[O-])cc1.O=C1CCNCC1.O=Cc1ccc([N+](=O)[O-])cc1. The number of non-ortho nitro benzene ring substituents is 3. The quantitative estimate of drug-likeness (QED) is 0.171. The van der Waals surface area contributed by atoms with Crippen LogP contribution in [0.2, 0.25) is 0 Å². The number of ketones is 2. The Morgan fingerprint density at radius 2 is 0.911 bits per heavy atom. The maximum absolute atomic E-state index is 12.7. The Morgan fingerprint density at radius 3 is 1.20 bits per heavy atom. The number of nitrogens with one attached hydrogen (secondary N) is 2. The number of Topliss-reactive ketones (excluding diaryl/α,β-unsaturated/α-hetero) is 2. The van der Waals surface area contributed by atoms with Crippen LogP contribution in [0.5, 0.6) is 0 Å². The molecule has 0 spiro atoms. The minimum absolute atomic E-state index is 0.00407. The van der Waals surface area contributed by atoms with E-state index in [1.807, 2.05) is 0 Å². The lowest BCUT2D eigenvalue weighted by molar-refractivity contribution is -0.385. The van der Waals surface area contributed by atoms with Crippen LogP contribution in [0.3, 0.4) is 0 Å². The molecule has 2 aliphatic rings. The molecule has 45 heavy (non-hydrogen) atoms. The fourth-order valence-corrected chi connectivity index (χ4v) is 4.10. The minimum Gasteiger partial charge on any atom is -0.316 e. The second-order valence-corrected chi connectivity index (χ2v) is 9.72. The summed E-state index contributed by atoms with van der Waals surface area (Å²) in [5.74, 6) is 0.282. The van der Waals surface area contributed by atoms with Crippen molar-refractivity contribution in [3.8, 4) is 0 Å². The van der Waals surface area contributed by atoms with E-state index >= 15 is 0 Å². The van der Waals surface area contributed by atoms with Gasteiger partial charge < -0.3 is 10.6 Å². The third-order valence-electron chi connectivity index (χ3n) is 6.51. The number of rotatable bonds is 6. The normalized spacial score (nSPS) is 16.1. The first-order valence-electron chi connectivity index (χ1n) is 13.6. The highest BCUT2D eigenvalue weighted by atomic mass is 16.6. The molecule has 2 fully saturated rings. The van der Waals surface area contributed by atoms with Gasteiger partial charge in [-0.1, -0.05) is 0 Å². The fourth-order valence-electron chi connectivity index (χ4n) is 4.10. The number of aldehydes is 1. The Labute approximate surface area is 256 Å². The van der Waals surface area contributed by atoms with Gasteiger partial charge in [0, 0.05) is 92.1 Å². The van der Waals surface area contributed by atoms with Gasteiger partial charge >= 0.3 is 0 Å². The zero-order valence-corrected chi connectivity index (χ0v) is 23.9. The predicted molar refractivity (Wildman–Crippen MR) is 166 cm³/mol. The van der Waals surface area contributed by atoms with Crippen LogP contribution in [-0.4, -0.2) is 58.8 Å². The number of nitrogens with zero attached hydrogens (tertiary/aromatic N) is 3. The van der Waals surface area contributed by atoms with Gasteiger partial charge in [0.25, 0.3) is 17.1 Å². The highest BCUT2D eigenvalue weighted by Gasteiger charge is 2.20. The van der Waals surface area contributed by atoms with E-state index in [0.717, 1.165) is 25.9 Å². The Balaban J connectivity index is 0.000000249. The molecule has 0 aromatic heterocycles. The van der Waals surface area contributed by atoms with Gasteiger partial charge in [0.1, 0.15) is 12.1 Å². The van der Waals surface area contributed by atoms with E-state index < -0.39 is 14.8 Å². The van der Waals surface area contributed by atoms with Crippen molar-refractivity contribution in [1.82, 2.24) is 10.6 Å². The van der Waals surface area contributed by atoms with Crippen molar-refractivity contribution >= 4 is 47.1 Å². The molecule has 2 aliphatic heterocycles. The van der Waals surface area contributed by atoms with Gasteiger partial charge in [-0.3, -0.25) is 44.7 Å². The number of hydrogen-bond acceptors (Lipinski definition) is 11. The van der Waals surface area contributed by atoms with E-state index in [9.17, 15) is 44.7 Å². The number of nitro benzene ring substituents is 3. The fraction of sp³-hybridized carbons (Fsp3) is 0.194. The van der Waals surface area contributed by atoms with E-state index in [1.165, 1.54) is 48.5 Å². The first-order chi connectivity index (χ1) is 21.6. The van der Waals surface area contributed by atoms with E-state index in [1.54, 1.807) is 36.4 Å². The van der Waals surface area contributed by atoms with Crippen molar-refractivity contribution in [3.05, 3.63) is 131 Å². The number of hydrogen-bond donors (Lipinski definition) is 2. The number of benzene rings is 3. The van der Waals surface area contributed by atoms with Crippen LogP contribution in [0.4, 0.5) is 17.1 Å². The van der Waals surface area contributed by atoms with Gasteiger partial charge in [-0.05, 0) is 59.7 Å². The lowest BCUT2D eigenvalue weighted by Gasteiger charge is -2.18. The molecule has 5 rings (SSSR count). The standard InChI is InChI=1S/C19H15N3O5.C7H5NO3.C5H9NO/c23-19-15(9-13-1-5-17(6-2-13)21(24)25)11-20-12-16(19)10-14-3-7-18(8-4-14)22(26)27;9-5-6-1-3-7(4-2-6)8(10)11;7-5-1-3-6-4-2-5/h1-10,20H,11-12H2;1-5H;6H,1-4H2/b15-9+,16-10+;;. The highest BCUT2D eigenvalue weighted by Crippen LogP contribution is 2.20. The Morgan fingerprint density at radius 1 is 0.556 bits per heavy atom. The van der Waals surface area contributed by atoms with Gasteiger partial charge in [-0.15, -0.1) is 0 Å². The molecule has 0 unspecified atom stereocenters. The zero-order chi connectivity index (χ0) is 32.8. The second kappa shape index (κ2) is 16.8. The maximum Gasteiger partial charge on any atom is 0.269 e. The molecule has 3 aromatic carbocycles. The molecule has 0 radical (unpaired) electrons. The summed E-state index contributed by atoms with van der Waals surface area (Å²) in [6.45, 7) is 2.57. The molecule has 3 aromatic rings. The van der Waals surface area contributed by atoms with Gasteiger partial charge in [0.15, 0.2) is 5.78 Å². The van der Waals surface area contributed by atoms with Crippen LogP contribution in [0.25, 0.3) is 12.2 Å². The van der Waals surface area contributed by atoms with Crippen molar-refractivity contribution in [3.63, 3.8) is 0 Å². The monoisotopic (exact) mass is 615 g/mol. The van der Waals surface area contributed by atoms with Crippen LogP contribution in [0.15, 0.2) is 83.9 Å². The van der Waals surface area contributed by atoms with Crippen molar-refractivity contribution < 1.29 is 29.2 Å². The molecule has 14 heteroatoms. The van der Waals surface area contributed by atoms with Gasteiger partial charge in [-0.2, -0.15) is 0 Å². The highest BCUT2D eigenvalue weighted by molar-refractivity contribution is 6.14. The Bertz CT molecular complexity index is 1530. The molecule has 14 nitrogen and oxygen atoms in total. The number of carbonyl (C=O) groups is 3. The summed E-state index contributed by atoms with van der Waals surface area (Å²) in [6, 6.07) is 17.3. The third kappa shape index (κ3) is 10.8. The number of carbonyl (C=O) groups excluding carboxylic acids is 3. The van der Waals surface area contributed by atoms with Crippen molar-refractivity contribution in [2.45, 2.75) is 12.8 Å². The topological polar surface area (TPSA) is 205 Å². The molecule has 0 saturated carbocycles. The Hall–Kier alpha value is -5.73. The van der Waals surface area contributed by atoms with E-state index in [-0.39, 0.29) is 22.8 Å². The van der Waals surface area contributed by atoms with E-state index in [2.05, 4.69) is 10.6 Å². The number of nitro groups is 3. The summed E-state index contributed by atoms with van der Waals surface area (Å²) in [4.78, 5) is 63.3. The van der Waals surface area contributed by atoms with Crippen molar-refractivity contribution in [2.24, 2.45) is 0 Å². The van der Waals surface area contributed by atoms with E-state index in [4.69, 9.17) is 0 Å². The van der Waals surface area contributed by atoms with Gasteiger partial charge in [-0.25, -0.2) is 0 Å². The van der Waals surface area contributed by atoms with Crippen LogP contribution in [0, 0.1) is 30.3 Å². The molecule has 2 heterocycles. The van der Waals surface area contributed by atoms with Crippen molar-refractivity contribution in [2.75, 3.05) is 26.2 Å². The second-order valence-electron chi connectivity index (χ2n) is 9.72. The number of piperidine rings is 2. The summed E-state index contributed by atoms with van der Waals surface area (Å²) in [5.41, 5.74) is 2.90. The summed E-state index contributed by atoms with van der Waals surface area (Å²) < 4.78 is 0. The molecule has 0 amide bonds. The van der Waals surface area contributed by atoms with Crippen molar-refractivity contribution in [1.29, 1.82) is 0 Å². The van der Waals surface area contributed by atoms with Gasteiger partial charge in [0.2, 0.25) is 0 Å². The largest absolute Gasteiger partial charge is 0.316 e. The van der Waals surface area contributed by atoms with Crippen LogP contribution in [-0.2, 0) is 9.59 Å². The minimum atomic E-state index is -0.505. The molecule has 232 valence electrons. The maximum atomic E-state index is 12.7. The van der Waals surface area contributed by atoms with Crippen LogP contribution in [0.1, 0.15) is 34.3 Å². The predicted octanol–water partition coefficient (Wildman–Crippen LogP) is 4.49. The lowest BCUT2D eigenvalue weighted by Crippen LogP contribution is -2.32. The smallest absolute Gasteiger partial charge is 0.269 e. The first kappa shape index (κ1) is 33.8. The molecule has 0 aliphatic carbocycles. The molecule has 0 bridgehead atoms. The molecular weight excluding hydrogens is 586 g/mol. The zero-order valence-electron chi connectivity index (χ0n) is 23.9. The molecule has 2 saturated heterocycles. The molecule has 2 N–H and O–H groups in total. The van der Waals surface area contributed by atoms with Gasteiger partial charge in [0.05, 0.1) is 14.8 Å². The average Bonchev–Trinajstić information content (AvgIpc) is 3.04. The summed E-state index contributed by atoms with van der Waals surface area (Å²) in [6.07, 6.45) is 5.51. The summed E-state index contributed by atoms with van der Waals surface area (Å²) >= 11 is 0. The van der Waals surface area contributed by atoms with Crippen LogP contribution >= 0.6 is 0 Å². The molecular formula is C31H29N5O9. The third-order valence-corrected chi connectivity index (χ3v) is 6.51. The van der Waals surface area contributed by atoms with E-state index in [0.29, 0.717) is 53.0 Å². The average molecular weight is 616 g/mol.